The van der Waals surface area contributed by atoms with Gasteiger partial charge >= 0.3 is 0 Å². The van der Waals surface area contributed by atoms with Gasteiger partial charge in [-0.25, -0.2) is 0 Å². The number of benzene rings is 1. The van der Waals surface area contributed by atoms with Crippen LogP contribution >= 0.6 is 0 Å². The van der Waals surface area contributed by atoms with Gasteiger partial charge in [-0.2, -0.15) is 0 Å². The molecule has 0 amide bonds. The van der Waals surface area contributed by atoms with Gasteiger partial charge in [0.2, 0.25) is 0 Å². The van der Waals surface area contributed by atoms with Gasteiger partial charge in [0.1, 0.15) is 0 Å². The second-order valence-corrected chi connectivity index (χ2v) is 5.72. The second kappa shape index (κ2) is 6.79. The lowest BCUT2D eigenvalue weighted by atomic mass is 9.92. The first kappa shape index (κ1) is 14.2. The van der Waals surface area contributed by atoms with Crippen molar-refractivity contribution in [2.24, 2.45) is 5.92 Å². The molecule has 1 fully saturated rings. The molecule has 19 heavy (non-hydrogen) atoms. The molecular weight excluding hydrogens is 230 g/mol. The summed E-state index contributed by atoms with van der Waals surface area (Å²) in [6.07, 6.45) is 6.49. The lowest BCUT2D eigenvalue weighted by Gasteiger charge is -2.35. The van der Waals surface area contributed by atoms with E-state index in [4.69, 9.17) is 0 Å². The van der Waals surface area contributed by atoms with Crippen LogP contribution in [0, 0.1) is 5.92 Å². The van der Waals surface area contributed by atoms with Crippen LogP contribution in [0.25, 0.3) is 5.70 Å². The molecule has 1 heteroatoms. The second-order valence-electron chi connectivity index (χ2n) is 5.72. The largest absolute Gasteiger partial charge is 0.372 e. The SMILES string of the molecule is C=C(c1ccc(CC)cc1)N1CCC(CCC)CC1. The maximum Gasteiger partial charge on any atom is 0.0366 e. The van der Waals surface area contributed by atoms with Crippen molar-refractivity contribution in [2.75, 3.05) is 13.1 Å². The summed E-state index contributed by atoms with van der Waals surface area (Å²) in [4.78, 5) is 2.47. The van der Waals surface area contributed by atoms with Gasteiger partial charge in [-0.05, 0) is 36.3 Å². The Hall–Kier alpha value is -1.24. The van der Waals surface area contributed by atoms with Crippen molar-refractivity contribution in [3.05, 3.63) is 42.0 Å². The standard InChI is InChI=1S/C18H27N/c1-4-6-17-11-13-19(14-12-17)15(3)18-9-7-16(5-2)8-10-18/h7-10,17H,3-6,11-14H2,1-2H3. The molecule has 1 nitrogen and oxygen atoms in total. The topological polar surface area (TPSA) is 3.24 Å². The zero-order valence-corrected chi connectivity index (χ0v) is 12.5. The zero-order chi connectivity index (χ0) is 13.7. The maximum atomic E-state index is 4.30. The van der Waals surface area contributed by atoms with E-state index in [0.717, 1.165) is 12.3 Å². The lowest BCUT2D eigenvalue weighted by Crippen LogP contribution is -2.32. The smallest absolute Gasteiger partial charge is 0.0366 e. The van der Waals surface area contributed by atoms with Crippen LogP contribution in [-0.4, -0.2) is 18.0 Å². The van der Waals surface area contributed by atoms with Gasteiger partial charge in [-0.1, -0.05) is 57.5 Å². The molecule has 1 saturated heterocycles. The molecule has 2 rings (SSSR count). The predicted octanol–water partition coefficient (Wildman–Crippen LogP) is 4.73. The van der Waals surface area contributed by atoms with E-state index in [0.29, 0.717) is 0 Å². The van der Waals surface area contributed by atoms with Crippen molar-refractivity contribution < 1.29 is 0 Å². The van der Waals surface area contributed by atoms with Crippen molar-refractivity contribution in [1.82, 2.24) is 4.90 Å². The molecule has 1 aromatic carbocycles. The monoisotopic (exact) mass is 257 g/mol. The first-order chi connectivity index (χ1) is 9.24. The van der Waals surface area contributed by atoms with E-state index in [1.807, 2.05) is 0 Å². The summed E-state index contributed by atoms with van der Waals surface area (Å²) >= 11 is 0. The lowest BCUT2D eigenvalue weighted by molar-refractivity contribution is 0.245. The van der Waals surface area contributed by atoms with E-state index < -0.39 is 0 Å². The first-order valence-corrected chi connectivity index (χ1v) is 7.77. The van der Waals surface area contributed by atoms with Gasteiger partial charge in [0.05, 0.1) is 0 Å². The third-order valence-electron chi connectivity index (χ3n) is 4.39. The van der Waals surface area contributed by atoms with Gasteiger partial charge < -0.3 is 4.90 Å². The zero-order valence-electron chi connectivity index (χ0n) is 12.5. The Bertz CT molecular complexity index is 396. The summed E-state index contributed by atoms with van der Waals surface area (Å²) in [5.74, 6) is 0.941. The molecule has 0 atom stereocenters. The van der Waals surface area contributed by atoms with Crippen molar-refractivity contribution in [3.63, 3.8) is 0 Å². The highest BCUT2D eigenvalue weighted by atomic mass is 15.1. The minimum absolute atomic E-state index is 0.941. The molecular formula is C18H27N. The summed E-state index contributed by atoms with van der Waals surface area (Å²) in [5.41, 5.74) is 3.89. The molecule has 0 bridgehead atoms. The highest BCUT2D eigenvalue weighted by Gasteiger charge is 2.19. The van der Waals surface area contributed by atoms with E-state index in [1.54, 1.807) is 0 Å². The Labute approximate surface area is 118 Å². The molecule has 1 aliphatic heterocycles. The Morgan fingerprint density at radius 1 is 1.16 bits per heavy atom. The summed E-state index contributed by atoms with van der Waals surface area (Å²) in [7, 11) is 0. The molecule has 0 N–H and O–H groups in total. The summed E-state index contributed by atoms with van der Waals surface area (Å²) in [6.45, 7) is 11.1. The minimum atomic E-state index is 0.941. The summed E-state index contributed by atoms with van der Waals surface area (Å²) in [5, 5.41) is 0. The van der Waals surface area contributed by atoms with E-state index in [2.05, 4.69) is 49.6 Å². The van der Waals surface area contributed by atoms with Crippen LogP contribution in [0.2, 0.25) is 0 Å². The predicted molar refractivity (Wildman–Crippen MR) is 84.1 cm³/mol. The fourth-order valence-electron chi connectivity index (χ4n) is 3.02. The third-order valence-corrected chi connectivity index (χ3v) is 4.39. The molecule has 0 aromatic heterocycles. The highest BCUT2D eigenvalue weighted by Crippen LogP contribution is 2.27. The van der Waals surface area contributed by atoms with Crippen LogP contribution in [-0.2, 0) is 6.42 Å². The van der Waals surface area contributed by atoms with Crippen molar-refractivity contribution in [2.45, 2.75) is 46.0 Å². The maximum absolute atomic E-state index is 4.30. The minimum Gasteiger partial charge on any atom is -0.372 e. The van der Waals surface area contributed by atoms with Gasteiger partial charge in [0, 0.05) is 18.8 Å². The molecule has 0 aliphatic carbocycles. The molecule has 0 saturated carbocycles. The number of piperidine rings is 1. The molecule has 1 aromatic rings. The number of nitrogens with zero attached hydrogens (tertiary/aromatic N) is 1. The van der Waals surface area contributed by atoms with E-state index in [9.17, 15) is 0 Å². The first-order valence-electron chi connectivity index (χ1n) is 7.77. The van der Waals surface area contributed by atoms with E-state index in [1.165, 1.54) is 55.6 Å². The van der Waals surface area contributed by atoms with Gasteiger partial charge in [0.15, 0.2) is 0 Å². The van der Waals surface area contributed by atoms with Crippen LogP contribution in [0.5, 0.6) is 0 Å². The van der Waals surface area contributed by atoms with Gasteiger partial charge in [0.25, 0.3) is 0 Å². The van der Waals surface area contributed by atoms with Gasteiger partial charge in [-0.15, -0.1) is 0 Å². The molecule has 0 unspecified atom stereocenters. The third kappa shape index (κ3) is 3.62. The van der Waals surface area contributed by atoms with E-state index in [-0.39, 0.29) is 0 Å². The Morgan fingerprint density at radius 2 is 1.79 bits per heavy atom. The normalized spacial score (nSPS) is 16.6. The molecule has 1 heterocycles. The van der Waals surface area contributed by atoms with Crippen LogP contribution < -0.4 is 0 Å². The highest BCUT2D eigenvalue weighted by molar-refractivity contribution is 5.62. The molecule has 0 radical (unpaired) electrons. The van der Waals surface area contributed by atoms with E-state index >= 15 is 0 Å². The quantitative estimate of drug-likeness (QED) is 0.737. The van der Waals surface area contributed by atoms with Crippen LogP contribution in [0.4, 0.5) is 0 Å². The number of rotatable bonds is 5. The number of likely N-dealkylation sites (tertiary alicyclic amines) is 1. The van der Waals surface area contributed by atoms with Crippen LogP contribution in [0.3, 0.4) is 0 Å². The van der Waals surface area contributed by atoms with Crippen molar-refractivity contribution >= 4 is 5.70 Å². The van der Waals surface area contributed by atoms with Crippen molar-refractivity contribution in [3.8, 4) is 0 Å². The summed E-state index contributed by atoms with van der Waals surface area (Å²) in [6, 6.07) is 8.90. The summed E-state index contributed by atoms with van der Waals surface area (Å²) < 4.78 is 0. The number of hydrogen-bond acceptors (Lipinski definition) is 1. The average molecular weight is 257 g/mol. The molecule has 0 spiro atoms. The molecule has 1 aliphatic rings. The molecule has 104 valence electrons. The Kier molecular flexibility index (Phi) is 5.07. The Morgan fingerprint density at radius 3 is 2.32 bits per heavy atom. The van der Waals surface area contributed by atoms with Crippen LogP contribution in [0.1, 0.15) is 50.7 Å². The van der Waals surface area contributed by atoms with Crippen LogP contribution in [0.15, 0.2) is 30.8 Å². The Balaban J connectivity index is 1.93. The number of aryl methyl sites for hydroxylation is 1. The van der Waals surface area contributed by atoms with Gasteiger partial charge in [-0.3, -0.25) is 0 Å². The number of hydrogen-bond donors (Lipinski definition) is 0. The van der Waals surface area contributed by atoms with Crippen molar-refractivity contribution in [1.29, 1.82) is 0 Å². The fourth-order valence-corrected chi connectivity index (χ4v) is 3.02. The fraction of sp³-hybridized carbons (Fsp3) is 0.556. The average Bonchev–Trinajstić information content (AvgIpc) is 2.48.